The Balaban J connectivity index is 2.54. The fourth-order valence-corrected chi connectivity index (χ4v) is 2.92. The number of halogens is 3. The second-order valence-corrected chi connectivity index (χ2v) is 5.56. The Morgan fingerprint density at radius 1 is 1.50 bits per heavy atom. The largest absolute Gasteiger partial charge is 0.417 e. The molecular formula is C15H15F3N2O2. The number of anilines is 1. The van der Waals surface area contributed by atoms with Gasteiger partial charge in [0.25, 0.3) is 0 Å². The van der Waals surface area contributed by atoms with Gasteiger partial charge in [0.05, 0.1) is 35.3 Å². The molecule has 1 heterocycles. The van der Waals surface area contributed by atoms with Crippen molar-refractivity contribution >= 4 is 11.6 Å². The first-order valence-corrected chi connectivity index (χ1v) is 6.77. The Kier molecular flexibility index (Phi) is 3.92. The highest BCUT2D eigenvalue weighted by molar-refractivity contribution is 5.97. The number of amides is 1. The summed E-state index contributed by atoms with van der Waals surface area (Å²) in [7, 11) is 0. The lowest BCUT2D eigenvalue weighted by molar-refractivity contribution is -0.137. The standard InChI is InChI=1S/C15H15F3N2O2/c1-3-12-14(2,22)7-13(21)20(12)10-5-4-9(8-19)11(6-10)15(16,17)18/h4-6,12,22H,3,7H2,1-2H3/t12-,14-/m0/s1. The second-order valence-electron chi connectivity index (χ2n) is 5.56. The number of hydrogen-bond donors (Lipinski definition) is 1. The van der Waals surface area contributed by atoms with Crippen molar-refractivity contribution in [2.45, 2.75) is 44.5 Å². The second kappa shape index (κ2) is 5.29. The van der Waals surface area contributed by atoms with Gasteiger partial charge in [0.15, 0.2) is 0 Å². The predicted molar refractivity (Wildman–Crippen MR) is 73.0 cm³/mol. The summed E-state index contributed by atoms with van der Waals surface area (Å²) in [5.41, 5.74) is -2.83. The summed E-state index contributed by atoms with van der Waals surface area (Å²) < 4.78 is 39.1. The molecule has 22 heavy (non-hydrogen) atoms. The highest BCUT2D eigenvalue weighted by atomic mass is 19.4. The molecule has 1 aliphatic heterocycles. The quantitative estimate of drug-likeness (QED) is 0.913. The van der Waals surface area contributed by atoms with Crippen LogP contribution in [0.25, 0.3) is 0 Å². The number of nitrogens with zero attached hydrogens (tertiary/aromatic N) is 2. The lowest BCUT2D eigenvalue weighted by Gasteiger charge is -2.30. The van der Waals surface area contributed by atoms with E-state index in [0.29, 0.717) is 6.42 Å². The van der Waals surface area contributed by atoms with Crippen LogP contribution in [0.4, 0.5) is 18.9 Å². The van der Waals surface area contributed by atoms with Gasteiger partial charge in [-0.2, -0.15) is 18.4 Å². The van der Waals surface area contributed by atoms with Crippen molar-refractivity contribution in [1.82, 2.24) is 0 Å². The molecule has 0 radical (unpaired) electrons. The topological polar surface area (TPSA) is 64.3 Å². The third kappa shape index (κ3) is 2.66. The molecule has 0 bridgehead atoms. The zero-order valence-electron chi connectivity index (χ0n) is 12.1. The lowest BCUT2D eigenvalue weighted by atomic mass is 9.95. The van der Waals surface area contributed by atoms with Crippen LogP contribution in [0.2, 0.25) is 0 Å². The van der Waals surface area contributed by atoms with Gasteiger partial charge < -0.3 is 10.0 Å². The summed E-state index contributed by atoms with van der Waals surface area (Å²) in [4.78, 5) is 13.3. The van der Waals surface area contributed by atoms with Crippen LogP contribution in [0.1, 0.15) is 37.8 Å². The molecule has 1 aromatic carbocycles. The first-order chi connectivity index (χ1) is 10.1. The maximum Gasteiger partial charge on any atom is 0.417 e. The minimum absolute atomic E-state index is 0.0425. The van der Waals surface area contributed by atoms with E-state index >= 15 is 0 Å². The number of alkyl halides is 3. The van der Waals surface area contributed by atoms with Gasteiger partial charge in [-0.25, -0.2) is 0 Å². The van der Waals surface area contributed by atoms with E-state index in [4.69, 9.17) is 5.26 Å². The number of rotatable bonds is 2. The van der Waals surface area contributed by atoms with E-state index in [1.54, 1.807) is 6.92 Å². The molecule has 1 N–H and O–H groups in total. The van der Waals surface area contributed by atoms with Gasteiger partial charge in [-0.05, 0) is 31.5 Å². The first-order valence-electron chi connectivity index (χ1n) is 6.77. The summed E-state index contributed by atoms with van der Waals surface area (Å²) in [6.45, 7) is 3.24. The predicted octanol–water partition coefficient (Wildman–Crippen LogP) is 2.84. The van der Waals surface area contributed by atoms with Gasteiger partial charge in [0, 0.05) is 5.69 Å². The Morgan fingerprint density at radius 3 is 2.64 bits per heavy atom. The van der Waals surface area contributed by atoms with Gasteiger partial charge >= 0.3 is 6.18 Å². The third-order valence-corrected chi connectivity index (χ3v) is 3.90. The number of aliphatic hydroxyl groups is 1. The Morgan fingerprint density at radius 2 is 2.14 bits per heavy atom. The van der Waals surface area contributed by atoms with Crippen LogP contribution in [0.5, 0.6) is 0 Å². The maximum absolute atomic E-state index is 13.0. The number of hydrogen-bond acceptors (Lipinski definition) is 3. The van der Waals surface area contributed by atoms with Crippen molar-refractivity contribution in [2.24, 2.45) is 0 Å². The van der Waals surface area contributed by atoms with E-state index < -0.39 is 34.9 Å². The molecule has 1 aromatic rings. The number of benzene rings is 1. The average molecular weight is 312 g/mol. The van der Waals surface area contributed by atoms with Crippen molar-refractivity contribution < 1.29 is 23.1 Å². The molecule has 2 rings (SSSR count). The van der Waals surface area contributed by atoms with E-state index in [9.17, 15) is 23.1 Å². The fraction of sp³-hybridized carbons (Fsp3) is 0.467. The normalized spacial score (nSPS) is 25.4. The minimum Gasteiger partial charge on any atom is -0.387 e. The zero-order valence-corrected chi connectivity index (χ0v) is 12.1. The average Bonchev–Trinajstić information content (AvgIpc) is 2.65. The summed E-state index contributed by atoms with van der Waals surface area (Å²) in [5.74, 6) is -0.435. The van der Waals surface area contributed by atoms with E-state index in [-0.39, 0.29) is 12.1 Å². The van der Waals surface area contributed by atoms with E-state index in [0.717, 1.165) is 12.1 Å². The molecule has 0 spiro atoms. The molecule has 0 aromatic heterocycles. The van der Waals surface area contributed by atoms with Crippen LogP contribution in [-0.4, -0.2) is 22.7 Å². The van der Waals surface area contributed by atoms with Crippen LogP contribution >= 0.6 is 0 Å². The first kappa shape index (κ1) is 16.3. The number of carbonyl (C=O) groups is 1. The smallest absolute Gasteiger partial charge is 0.387 e. The van der Waals surface area contributed by atoms with Crippen molar-refractivity contribution in [3.05, 3.63) is 29.3 Å². The fourth-order valence-electron chi connectivity index (χ4n) is 2.92. The molecule has 0 saturated carbocycles. The molecule has 1 amide bonds. The van der Waals surface area contributed by atoms with Gasteiger partial charge in [-0.15, -0.1) is 0 Å². The molecule has 1 aliphatic rings. The molecule has 118 valence electrons. The van der Waals surface area contributed by atoms with Crippen molar-refractivity contribution in [2.75, 3.05) is 4.90 Å². The van der Waals surface area contributed by atoms with E-state index in [1.165, 1.54) is 24.0 Å². The Bertz CT molecular complexity index is 647. The van der Waals surface area contributed by atoms with E-state index in [2.05, 4.69) is 0 Å². The molecule has 2 atom stereocenters. The summed E-state index contributed by atoms with van der Waals surface area (Å²) in [6.07, 6.45) is -4.43. The maximum atomic E-state index is 13.0. The van der Waals surface area contributed by atoms with Gasteiger partial charge in [-0.3, -0.25) is 4.79 Å². The van der Waals surface area contributed by atoms with Gasteiger partial charge in [0.1, 0.15) is 0 Å². The van der Waals surface area contributed by atoms with Crippen molar-refractivity contribution in [3.63, 3.8) is 0 Å². The van der Waals surface area contributed by atoms with Gasteiger partial charge in [0.2, 0.25) is 5.91 Å². The molecule has 0 aliphatic carbocycles. The Labute approximate surface area is 125 Å². The minimum atomic E-state index is -4.69. The molecule has 1 fully saturated rings. The number of nitriles is 1. The number of carbonyl (C=O) groups excluding carboxylic acids is 1. The van der Waals surface area contributed by atoms with Crippen LogP contribution in [0.3, 0.4) is 0 Å². The van der Waals surface area contributed by atoms with Crippen LogP contribution in [0, 0.1) is 11.3 Å². The molecule has 7 heteroatoms. The molecule has 4 nitrogen and oxygen atoms in total. The third-order valence-electron chi connectivity index (χ3n) is 3.90. The van der Waals surface area contributed by atoms with Crippen molar-refractivity contribution in [1.29, 1.82) is 5.26 Å². The zero-order chi connectivity index (χ0) is 16.7. The monoisotopic (exact) mass is 312 g/mol. The van der Waals surface area contributed by atoms with Crippen molar-refractivity contribution in [3.8, 4) is 6.07 Å². The summed E-state index contributed by atoms with van der Waals surface area (Å²) in [6, 6.07) is 4.04. The van der Waals surface area contributed by atoms with Crippen LogP contribution in [0.15, 0.2) is 18.2 Å². The molecule has 1 saturated heterocycles. The van der Waals surface area contributed by atoms with Gasteiger partial charge in [-0.1, -0.05) is 6.92 Å². The summed E-state index contributed by atoms with van der Waals surface area (Å²) >= 11 is 0. The highest BCUT2D eigenvalue weighted by Crippen LogP contribution is 2.39. The molecular weight excluding hydrogens is 297 g/mol. The van der Waals surface area contributed by atoms with Crippen LogP contribution in [-0.2, 0) is 11.0 Å². The highest BCUT2D eigenvalue weighted by Gasteiger charge is 2.47. The van der Waals surface area contributed by atoms with E-state index in [1.807, 2.05) is 0 Å². The molecule has 0 unspecified atom stereocenters. The Hall–Kier alpha value is -2.07. The lowest BCUT2D eigenvalue weighted by Crippen LogP contribution is -2.42. The van der Waals surface area contributed by atoms with Crippen LogP contribution < -0.4 is 4.90 Å². The SMILES string of the molecule is CC[C@@H]1N(c2ccc(C#N)c(C(F)(F)F)c2)C(=O)C[C@]1(C)O. The summed E-state index contributed by atoms with van der Waals surface area (Å²) in [5, 5.41) is 19.0.